The van der Waals surface area contributed by atoms with E-state index in [0.29, 0.717) is 6.04 Å². The van der Waals surface area contributed by atoms with Crippen LogP contribution in [0.1, 0.15) is 40.0 Å². The third-order valence-corrected chi connectivity index (χ3v) is 3.57. The first kappa shape index (κ1) is 9.05. The SMILES string of the molecule is CC[C@H]1CC[C@H](C)[C@@H](C)[C@H]1N. The van der Waals surface area contributed by atoms with Gasteiger partial charge >= 0.3 is 0 Å². The van der Waals surface area contributed by atoms with Crippen LogP contribution in [-0.2, 0) is 0 Å². The van der Waals surface area contributed by atoms with Crippen LogP contribution in [0.4, 0.5) is 0 Å². The van der Waals surface area contributed by atoms with Gasteiger partial charge in [-0.25, -0.2) is 0 Å². The van der Waals surface area contributed by atoms with Gasteiger partial charge in [0, 0.05) is 6.04 Å². The van der Waals surface area contributed by atoms with Crippen molar-refractivity contribution in [2.24, 2.45) is 23.5 Å². The molecular formula is C10H21N. The zero-order valence-corrected chi connectivity index (χ0v) is 8.01. The molecule has 1 heteroatoms. The fourth-order valence-corrected chi connectivity index (χ4v) is 2.22. The van der Waals surface area contributed by atoms with Gasteiger partial charge in [0.1, 0.15) is 0 Å². The maximum Gasteiger partial charge on any atom is 0.00954 e. The first-order chi connectivity index (χ1) is 5.16. The van der Waals surface area contributed by atoms with Crippen molar-refractivity contribution in [1.29, 1.82) is 0 Å². The van der Waals surface area contributed by atoms with E-state index in [0.717, 1.165) is 17.8 Å². The Balaban J connectivity index is 2.52. The van der Waals surface area contributed by atoms with E-state index in [1.807, 2.05) is 0 Å². The van der Waals surface area contributed by atoms with Crippen molar-refractivity contribution in [1.82, 2.24) is 0 Å². The topological polar surface area (TPSA) is 26.0 Å². The number of hydrogen-bond acceptors (Lipinski definition) is 1. The van der Waals surface area contributed by atoms with Gasteiger partial charge in [0.2, 0.25) is 0 Å². The Bertz CT molecular complexity index is 120. The van der Waals surface area contributed by atoms with Gasteiger partial charge in [-0.1, -0.05) is 33.6 Å². The van der Waals surface area contributed by atoms with Crippen molar-refractivity contribution in [3.05, 3.63) is 0 Å². The predicted octanol–water partition coefficient (Wildman–Crippen LogP) is 2.41. The third kappa shape index (κ3) is 1.76. The van der Waals surface area contributed by atoms with Crippen LogP contribution in [0, 0.1) is 17.8 Å². The highest BCUT2D eigenvalue weighted by atomic mass is 14.7. The molecule has 66 valence electrons. The molecule has 0 saturated heterocycles. The average Bonchev–Trinajstić information content (AvgIpc) is 2.01. The Labute approximate surface area is 70.4 Å². The molecule has 1 saturated carbocycles. The van der Waals surface area contributed by atoms with Gasteiger partial charge in [0.05, 0.1) is 0 Å². The fraction of sp³-hybridized carbons (Fsp3) is 1.00. The van der Waals surface area contributed by atoms with E-state index in [4.69, 9.17) is 5.73 Å². The second-order valence-electron chi connectivity index (χ2n) is 4.16. The summed E-state index contributed by atoms with van der Waals surface area (Å²) in [5, 5.41) is 0. The zero-order chi connectivity index (χ0) is 8.43. The van der Waals surface area contributed by atoms with E-state index < -0.39 is 0 Å². The Kier molecular flexibility index (Phi) is 2.94. The third-order valence-electron chi connectivity index (χ3n) is 3.57. The molecule has 0 aromatic heterocycles. The maximum absolute atomic E-state index is 6.12. The quantitative estimate of drug-likeness (QED) is 0.618. The Morgan fingerprint density at radius 3 is 2.45 bits per heavy atom. The lowest BCUT2D eigenvalue weighted by Crippen LogP contribution is -2.42. The van der Waals surface area contributed by atoms with E-state index in [2.05, 4.69) is 20.8 Å². The fourth-order valence-electron chi connectivity index (χ4n) is 2.22. The van der Waals surface area contributed by atoms with Crippen molar-refractivity contribution in [2.75, 3.05) is 0 Å². The molecule has 0 spiro atoms. The lowest BCUT2D eigenvalue weighted by Gasteiger charge is -2.37. The second-order valence-corrected chi connectivity index (χ2v) is 4.16. The Morgan fingerprint density at radius 1 is 1.27 bits per heavy atom. The van der Waals surface area contributed by atoms with Crippen LogP contribution in [0.3, 0.4) is 0 Å². The highest BCUT2D eigenvalue weighted by molar-refractivity contribution is 4.85. The van der Waals surface area contributed by atoms with Gasteiger partial charge in [-0.3, -0.25) is 0 Å². The molecule has 1 fully saturated rings. The Morgan fingerprint density at radius 2 is 1.91 bits per heavy atom. The number of rotatable bonds is 1. The van der Waals surface area contributed by atoms with Crippen LogP contribution >= 0.6 is 0 Å². The molecule has 0 amide bonds. The van der Waals surface area contributed by atoms with Gasteiger partial charge in [0.25, 0.3) is 0 Å². The minimum absolute atomic E-state index is 0.462. The highest BCUT2D eigenvalue weighted by Crippen LogP contribution is 2.33. The standard InChI is InChI=1S/C10H21N/c1-4-9-6-5-7(2)8(3)10(9)11/h7-10H,4-6,11H2,1-3H3/t7-,8+,9-,10+/m0/s1. The van der Waals surface area contributed by atoms with Crippen molar-refractivity contribution < 1.29 is 0 Å². The van der Waals surface area contributed by atoms with E-state index in [1.54, 1.807) is 0 Å². The molecule has 11 heavy (non-hydrogen) atoms. The second kappa shape index (κ2) is 3.57. The normalized spacial score (nSPS) is 45.8. The number of nitrogens with two attached hydrogens (primary N) is 1. The molecule has 2 N–H and O–H groups in total. The summed E-state index contributed by atoms with van der Waals surface area (Å²) in [7, 11) is 0. The van der Waals surface area contributed by atoms with Crippen LogP contribution in [0.25, 0.3) is 0 Å². The molecule has 1 aliphatic rings. The minimum atomic E-state index is 0.462. The van der Waals surface area contributed by atoms with E-state index in [9.17, 15) is 0 Å². The van der Waals surface area contributed by atoms with Crippen molar-refractivity contribution >= 4 is 0 Å². The highest BCUT2D eigenvalue weighted by Gasteiger charge is 2.30. The molecule has 0 aliphatic heterocycles. The summed E-state index contributed by atoms with van der Waals surface area (Å²) in [6.45, 7) is 6.89. The summed E-state index contributed by atoms with van der Waals surface area (Å²) < 4.78 is 0. The molecule has 0 unspecified atom stereocenters. The van der Waals surface area contributed by atoms with Crippen LogP contribution in [0.5, 0.6) is 0 Å². The Hall–Kier alpha value is -0.0400. The molecule has 1 rings (SSSR count). The van der Waals surface area contributed by atoms with Crippen molar-refractivity contribution in [3.8, 4) is 0 Å². The predicted molar refractivity (Wildman–Crippen MR) is 49.3 cm³/mol. The van der Waals surface area contributed by atoms with E-state index in [-0.39, 0.29) is 0 Å². The van der Waals surface area contributed by atoms with E-state index >= 15 is 0 Å². The first-order valence-corrected chi connectivity index (χ1v) is 4.92. The molecule has 0 heterocycles. The largest absolute Gasteiger partial charge is 0.327 e. The summed E-state index contributed by atoms with van der Waals surface area (Å²) in [4.78, 5) is 0. The van der Waals surface area contributed by atoms with Gasteiger partial charge in [-0.2, -0.15) is 0 Å². The molecule has 4 atom stereocenters. The minimum Gasteiger partial charge on any atom is -0.327 e. The van der Waals surface area contributed by atoms with Crippen LogP contribution in [-0.4, -0.2) is 6.04 Å². The molecular weight excluding hydrogens is 134 g/mol. The lowest BCUT2D eigenvalue weighted by molar-refractivity contribution is 0.167. The summed E-state index contributed by atoms with van der Waals surface area (Å²) in [5.41, 5.74) is 6.12. The van der Waals surface area contributed by atoms with Crippen molar-refractivity contribution in [2.45, 2.75) is 46.1 Å². The first-order valence-electron chi connectivity index (χ1n) is 4.92. The van der Waals surface area contributed by atoms with Crippen LogP contribution < -0.4 is 5.73 Å². The molecule has 0 bridgehead atoms. The monoisotopic (exact) mass is 155 g/mol. The smallest absolute Gasteiger partial charge is 0.00954 e. The van der Waals surface area contributed by atoms with Gasteiger partial charge in [-0.15, -0.1) is 0 Å². The number of hydrogen-bond donors (Lipinski definition) is 1. The van der Waals surface area contributed by atoms with Gasteiger partial charge in [-0.05, 0) is 24.2 Å². The van der Waals surface area contributed by atoms with E-state index in [1.165, 1.54) is 19.3 Å². The average molecular weight is 155 g/mol. The van der Waals surface area contributed by atoms with Crippen LogP contribution in [0.15, 0.2) is 0 Å². The molecule has 0 radical (unpaired) electrons. The molecule has 0 aromatic rings. The summed E-state index contributed by atoms with van der Waals surface area (Å²) in [5.74, 6) is 2.36. The summed E-state index contributed by atoms with van der Waals surface area (Å²) in [6, 6.07) is 0.462. The zero-order valence-electron chi connectivity index (χ0n) is 8.01. The maximum atomic E-state index is 6.12. The van der Waals surface area contributed by atoms with Crippen molar-refractivity contribution in [3.63, 3.8) is 0 Å². The molecule has 1 aliphatic carbocycles. The van der Waals surface area contributed by atoms with Crippen LogP contribution in [0.2, 0.25) is 0 Å². The van der Waals surface area contributed by atoms with Gasteiger partial charge in [0.15, 0.2) is 0 Å². The molecule has 1 nitrogen and oxygen atoms in total. The summed E-state index contributed by atoms with van der Waals surface area (Å²) >= 11 is 0. The molecule has 0 aromatic carbocycles. The summed E-state index contributed by atoms with van der Waals surface area (Å²) in [6.07, 6.45) is 3.99. The lowest BCUT2D eigenvalue weighted by atomic mass is 9.71. The van der Waals surface area contributed by atoms with Gasteiger partial charge < -0.3 is 5.73 Å².